The zero-order valence-corrected chi connectivity index (χ0v) is 13.0. The van der Waals surface area contributed by atoms with Gasteiger partial charge in [0.1, 0.15) is 0 Å². The first-order valence-electron chi connectivity index (χ1n) is 7.49. The molecule has 0 saturated carbocycles. The van der Waals surface area contributed by atoms with Crippen LogP contribution in [0.1, 0.15) is 29.3 Å². The summed E-state index contributed by atoms with van der Waals surface area (Å²) in [5.74, 6) is -1.50. The van der Waals surface area contributed by atoms with Crippen molar-refractivity contribution in [2.24, 2.45) is 0 Å². The molecule has 1 N–H and O–H groups in total. The Balaban J connectivity index is 2.02. The molecule has 0 radical (unpaired) electrons. The molecule has 1 saturated heterocycles. The molecular formula is C16H18F3NO4. The van der Waals surface area contributed by atoms with Crippen LogP contribution in [-0.4, -0.2) is 53.4 Å². The van der Waals surface area contributed by atoms with Crippen LogP contribution in [-0.2, 0) is 16.0 Å². The van der Waals surface area contributed by atoms with Crippen LogP contribution in [0.4, 0.5) is 13.2 Å². The highest BCUT2D eigenvalue weighted by atomic mass is 19.4. The predicted molar refractivity (Wildman–Crippen MR) is 78.7 cm³/mol. The number of nitrogens with zero attached hydrogens (tertiary/aromatic N) is 1. The van der Waals surface area contributed by atoms with E-state index >= 15 is 0 Å². The van der Waals surface area contributed by atoms with E-state index in [4.69, 9.17) is 9.84 Å². The first-order chi connectivity index (χ1) is 11.2. The number of carboxylic acid groups (broad SMARTS) is 1. The molecule has 5 nitrogen and oxygen atoms in total. The Morgan fingerprint density at radius 1 is 1.25 bits per heavy atom. The average molecular weight is 345 g/mol. The minimum absolute atomic E-state index is 0.0612. The molecular weight excluding hydrogens is 327 g/mol. The Kier molecular flexibility index (Phi) is 5.48. The predicted octanol–water partition coefficient (Wildman–Crippen LogP) is 2.50. The maximum Gasteiger partial charge on any atom is 0.389 e. The number of hydrogen-bond acceptors (Lipinski definition) is 3. The number of aryl methyl sites for hydroxylation is 1. The average Bonchev–Trinajstić information content (AvgIpc) is 2.51. The van der Waals surface area contributed by atoms with Gasteiger partial charge in [0.2, 0.25) is 0 Å². The summed E-state index contributed by atoms with van der Waals surface area (Å²) in [7, 11) is 0. The molecule has 8 heteroatoms. The lowest BCUT2D eigenvalue weighted by Gasteiger charge is -2.35. The molecule has 0 aromatic heterocycles. The Morgan fingerprint density at radius 2 is 1.88 bits per heavy atom. The molecule has 1 aromatic carbocycles. The van der Waals surface area contributed by atoms with Crippen molar-refractivity contribution in [2.75, 3.05) is 13.1 Å². The molecule has 0 spiro atoms. The van der Waals surface area contributed by atoms with Gasteiger partial charge in [-0.05, 0) is 31.0 Å². The molecule has 2 atom stereocenters. The zero-order chi connectivity index (χ0) is 17.9. The Hall–Kier alpha value is -2.09. The van der Waals surface area contributed by atoms with Crippen LogP contribution in [0.5, 0.6) is 0 Å². The zero-order valence-electron chi connectivity index (χ0n) is 13.0. The van der Waals surface area contributed by atoms with Gasteiger partial charge >= 0.3 is 12.1 Å². The molecule has 1 aliphatic heterocycles. The Morgan fingerprint density at radius 3 is 2.42 bits per heavy atom. The van der Waals surface area contributed by atoms with Gasteiger partial charge in [0.15, 0.2) is 6.10 Å². The maximum absolute atomic E-state index is 12.4. The van der Waals surface area contributed by atoms with E-state index in [9.17, 15) is 22.8 Å². The summed E-state index contributed by atoms with van der Waals surface area (Å²) < 4.78 is 41.9. The number of morpholine rings is 1. The van der Waals surface area contributed by atoms with E-state index in [0.29, 0.717) is 11.1 Å². The summed E-state index contributed by atoms with van der Waals surface area (Å²) in [6, 6.07) is 5.89. The van der Waals surface area contributed by atoms with E-state index in [-0.39, 0.29) is 25.4 Å². The standard InChI is InChI=1S/C16H18F3NO4/c1-10-8-20(9-13(24-10)15(22)23)14(21)12-4-2-11(3-5-12)6-7-16(17,18)19/h2-5,10,13H,6-9H2,1H3,(H,22,23)/t10-,13?/m1/s1. The number of rotatable bonds is 4. The van der Waals surface area contributed by atoms with Gasteiger partial charge in [0.25, 0.3) is 5.91 Å². The molecule has 24 heavy (non-hydrogen) atoms. The van der Waals surface area contributed by atoms with Crippen LogP contribution in [0.25, 0.3) is 0 Å². The third kappa shape index (κ3) is 4.95. The van der Waals surface area contributed by atoms with E-state index in [2.05, 4.69) is 0 Å². The Labute approximate surface area is 137 Å². The van der Waals surface area contributed by atoms with Crippen molar-refractivity contribution < 1.29 is 32.6 Å². The fourth-order valence-electron chi connectivity index (χ4n) is 2.54. The second-order valence-corrected chi connectivity index (χ2v) is 5.80. The Bertz CT molecular complexity index is 600. The number of benzene rings is 1. The number of hydrogen-bond donors (Lipinski definition) is 1. The van der Waals surface area contributed by atoms with Crippen molar-refractivity contribution in [1.82, 2.24) is 4.90 Å². The van der Waals surface area contributed by atoms with Crippen LogP contribution >= 0.6 is 0 Å². The number of ether oxygens (including phenoxy) is 1. The van der Waals surface area contributed by atoms with E-state index in [1.54, 1.807) is 6.92 Å². The van der Waals surface area contributed by atoms with Crippen LogP contribution < -0.4 is 0 Å². The van der Waals surface area contributed by atoms with Crippen LogP contribution in [0.3, 0.4) is 0 Å². The molecule has 1 heterocycles. The number of carbonyl (C=O) groups excluding carboxylic acids is 1. The van der Waals surface area contributed by atoms with Gasteiger partial charge in [-0.2, -0.15) is 13.2 Å². The van der Waals surface area contributed by atoms with Gasteiger partial charge in [0, 0.05) is 18.5 Å². The number of carboxylic acids is 1. The van der Waals surface area contributed by atoms with Crippen molar-refractivity contribution in [1.29, 1.82) is 0 Å². The fraction of sp³-hybridized carbons (Fsp3) is 0.500. The largest absolute Gasteiger partial charge is 0.479 e. The molecule has 1 aromatic rings. The molecule has 1 fully saturated rings. The molecule has 1 aliphatic rings. The quantitative estimate of drug-likeness (QED) is 0.910. The summed E-state index contributed by atoms with van der Waals surface area (Å²) in [4.78, 5) is 24.9. The number of carbonyl (C=O) groups is 2. The van der Waals surface area contributed by atoms with Gasteiger partial charge in [-0.1, -0.05) is 12.1 Å². The SMILES string of the molecule is C[C@@H]1CN(C(=O)c2ccc(CCC(F)(F)F)cc2)CC(C(=O)O)O1. The first kappa shape index (κ1) is 18.3. The van der Waals surface area contributed by atoms with Crippen LogP contribution in [0.2, 0.25) is 0 Å². The van der Waals surface area contributed by atoms with E-state index < -0.39 is 30.8 Å². The van der Waals surface area contributed by atoms with Crippen molar-refractivity contribution in [3.63, 3.8) is 0 Å². The topological polar surface area (TPSA) is 66.8 Å². The third-order valence-corrected chi connectivity index (χ3v) is 3.72. The molecule has 0 aliphatic carbocycles. The number of amides is 1. The molecule has 1 amide bonds. The molecule has 1 unspecified atom stereocenters. The highest BCUT2D eigenvalue weighted by Gasteiger charge is 2.33. The summed E-state index contributed by atoms with van der Waals surface area (Å²) in [5, 5.41) is 9.03. The second-order valence-electron chi connectivity index (χ2n) is 5.80. The smallest absolute Gasteiger partial charge is 0.389 e. The van der Waals surface area contributed by atoms with Gasteiger partial charge < -0.3 is 14.7 Å². The van der Waals surface area contributed by atoms with Crippen LogP contribution in [0, 0.1) is 0 Å². The third-order valence-electron chi connectivity index (χ3n) is 3.72. The molecule has 0 bridgehead atoms. The van der Waals surface area contributed by atoms with E-state index in [0.717, 1.165) is 0 Å². The molecule has 2 rings (SSSR count). The fourth-order valence-corrected chi connectivity index (χ4v) is 2.54. The maximum atomic E-state index is 12.4. The van der Waals surface area contributed by atoms with Crippen molar-refractivity contribution in [3.05, 3.63) is 35.4 Å². The van der Waals surface area contributed by atoms with Crippen molar-refractivity contribution >= 4 is 11.9 Å². The minimum Gasteiger partial charge on any atom is -0.479 e. The summed E-state index contributed by atoms with van der Waals surface area (Å²) >= 11 is 0. The summed E-state index contributed by atoms with van der Waals surface area (Å²) in [5.41, 5.74) is 0.798. The highest BCUT2D eigenvalue weighted by Crippen LogP contribution is 2.22. The van der Waals surface area contributed by atoms with Crippen molar-refractivity contribution in [3.8, 4) is 0 Å². The number of alkyl halides is 3. The lowest BCUT2D eigenvalue weighted by atomic mass is 10.1. The lowest BCUT2D eigenvalue weighted by Crippen LogP contribution is -2.51. The van der Waals surface area contributed by atoms with Gasteiger partial charge in [-0.15, -0.1) is 0 Å². The van der Waals surface area contributed by atoms with Gasteiger partial charge in [0.05, 0.1) is 12.6 Å². The monoisotopic (exact) mass is 345 g/mol. The summed E-state index contributed by atoms with van der Waals surface area (Å²) in [6.07, 6.45) is -6.77. The van der Waals surface area contributed by atoms with Gasteiger partial charge in [-0.3, -0.25) is 4.79 Å². The van der Waals surface area contributed by atoms with E-state index in [1.807, 2.05) is 0 Å². The van der Waals surface area contributed by atoms with Crippen molar-refractivity contribution in [2.45, 2.75) is 38.1 Å². The van der Waals surface area contributed by atoms with Crippen LogP contribution in [0.15, 0.2) is 24.3 Å². The number of halogens is 3. The normalized spacial score (nSPS) is 21.6. The minimum atomic E-state index is -4.22. The van der Waals surface area contributed by atoms with E-state index in [1.165, 1.54) is 29.2 Å². The van der Waals surface area contributed by atoms with Gasteiger partial charge in [-0.25, -0.2) is 4.79 Å². The second kappa shape index (κ2) is 7.21. The number of aliphatic carboxylic acids is 1. The summed E-state index contributed by atoms with van der Waals surface area (Å²) in [6.45, 7) is 1.88. The lowest BCUT2D eigenvalue weighted by molar-refractivity contribution is -0.160. The highest BCUT2D eigenvalue weighted by molar-refractivity contribution is 5.94. The first-order valence-corrected chi connectivity index (χ1v) is 7.49. The molecule has 132 valence electrons.